The molecule has 2 aromatic rings. The summed E-state index contributed by atoms with van der Waals surface area (Å²) in [5.74, 6) is -0.570. The van der Waals surface area contributed by atoms with Gasteiger partial charge in [0.15, 0.2) is 0 Å². The van der Waals surface area contributed by atoms with E-state index in [2.05, 4.69) is 10.6 Å². The molecule has 0 aromatic heterocycles. The zero-order valence-electron chi connectivity index (χ0n) is 13.0. The number of rotatable bonds is 3. The molecule has 0 fully saturated rings. The lowest BCUT2D eigenvalue weighted by Gasteiger charge is -2.17. The van der Waals surface area contributed by atoms with Crippen LogP contribution >= 0.6 is 0 Å². The Balaban J connectivity index is 1.87. The van der Waals surface area contributed by atoms with Crippen LogP contribution in [0.25, 0.3) is 0 Å². The van der Waals surface area contributed by atoms with Crippen LogP contribution in [0, 0.1) is 17.0 Å². The highest BCUT2D eigenvalue weighted by molar-refractivity contribution is 6.07. The van der Waals surface area contributed by atoms with E-state index < -0.39 is 10.8 Å². The van der Waals surface area contributed by atoms with Gasteiger partial charge in [-0.15, -0.1) is 0 Å². The highest BCUT2D eigenvalue weighted by atomic mass is 16.6. The molecule has 1 aliphatic rings. The number of carbonyl (C=O) groups excluding carboxylic acids is 2. The van der Waals surface area contributed by atoms with Crippen molar-refractivity contribution in [3.63, 3.8) is 0 Å². The number of fused-ring (bicyclic) bond motifs is 1. The maximum atomic E-state index is 12.4. The summed E-state index contributed by atoms with van der Waals surface area (Å²) < 4.78 is 0. The highest BCUT2D eigenvalue weighted by Gasteiger charge is 2.23. The summed E-state index contributed by atoms with van der Waals surface area (Å²) in [6.07, 6.45) is 0.989. The van der Waals surface area contributed by atoms with E-state index in [0.29, 0.717) is 24.1 Å². The zero-order chi connectivity index (χ0) is 17.3. The molecule has 0 aliphatic carbocycles. The molecule has 2 amide bonds. The molecule has 0 saturated carbocycles. The minimum atomic E-state index is -0.549. The molecule has 7 heteroatoms. The van der Waals surface area contributed by atoms with E-state index in [1.165, 1.54) is 6.07 Å². The summed E-state index contributed by atoms with van der Waals surface area (Å²) in [4.78, 5) is 34.4. The van der Waals surface area contributed by atoms with Crippen LogP contribution in [-0.4, -0.2) is 16.7 Å². The van der Waals surface area contributed by atoms with Crippen LogP contribution in [0.2, 0.25) is 0 Å². The summed E-state index contributed by atoms with van der Waals surface area (Å²) in [7, 11) is 0. The van der Waals surface area contributed by atoms with Crippen LogP contribution in [0.5, 0.6) is 0 Å². The first-order valence-corrected chi connectivity index (χ1v) is 7.44. The van der Waals surface area contributed by atoms with E-state index >= 15 is 0 Å². The van der Waals surface area contributed by atoms with Gasteiger partial charge < -0.3 is 10.6 Å². The van der Waals surface area contributed by atoms with Gasteiger partial charge in [0.2, 0.25) is 5.91 Å². The Morgan fingerprint density at radius 2 is 2.04 bits per heavy atom. The van der Waals surface area contributed by atoms with Crippen molar-refractivity contribution in [3.05, 3.63) is 63.2 Å². The molecule has 1 heterocycles. The maximum Gasteiger partial charge on any atom is 0.285 e. The van der Waals surface area contributed by atoms with Crippen molar-refractivity contribution in [2.75, 3.05) is 10.6 Å². The molecule has 2 aromatic carbocycles. The minimum absolute atomic E-state index is 0.0195. The van der Waals surface area contributed by atoms with E-state index in [1.807, 2.05) is 0 Å². The van der Waals surface area contributed by atoms with Gasteiger partial charge in [-0.1, -0.05) is 12.1 Å². The fourth-order valence-electron chi connectivity index (χ4n) is 2.74. The number of nitro benzene ring substituents is 1. The molecule has 3 rings (SSSR count). The summed E-state index contributed by atoms with van der Waals surface area (Å²) in [5.41, 5.74) is 2.44. The van der Waals surface area contributed by atoms with E-state index in [4.69, 9.17) is 0 Å². The summed E-state index contributed by atoms with van der Waals surface area (Å²) in [6, 6.07) is 9.78. The lowest BCUT2D eigenvalue weighted by Crippen LogP contribution is -2.19. The van der Waals surface area contributed by atoms with Gasteiger partial charge in [0.05, 0.1) is 4.92 Å². The molecular weight excluding hydrogens is 310 g/mol. The van der Waals surface area contributed by atoms with Gasteiger partial charge in [-0.3, -0.25) is 19.7 Å². The number of aryl methyl sites for hydroxylation is 2. The van der Waals surface area contributed by atoms with E-state index in [0.717, 1.165) is 11.3 Å². The second kappa shape index (κ2) is 6.11. The molecule has 0 radical (unpaired) electrons. The number of nitro groups is 1. The summed E-state index contributed by atoms with van der Waals surface area (Å²) >= 11 is 0. The predicted molar refractivity (Wildman–Crippen MR) is 89.2 cm³/mol. The first kappa shape index (κ1) is 15.7. The molecule has 0 bridgehead atoms. The molecule has 0 spiro atoms. The van der Waals surface area contributed by atoms with Gasteiger partial charge in [-0.2, -0.15) is 0 Å². The van der Waals surface area contributed by atoms with Crippen LogP contribution < -0.4 is 10.6 Å². The van der Waals surface area contributed by atoms with Crippen LogP contribution in [0.4, 0.5) is 17.1 Å². The number of carbonyl (C=O) groups is 2. The van der Waals surface area contributed by atoms with Gasteiger partial charge in [-0.25, -0.2) is 0 Å². The third-order valence-corrected chi connectivity index (χ3v) is 3.92. The van der Waals surface area contributed by atoms with E-state index in [9.17, 15) is 19.7 Å². The molecular formula is C17H15N3O4. The summed E-state index contributed by atoms with van der Waals surface area (Å²) in [6.45, 7) is 1.59. The maximum absolute atomic E-state index is 12.4. The molecule has 24 heavy (non-hydrogen) atoms. The normalized spacial score (nSPS) is 13.0. The quantitative estimate of drug-likeness (QED) is 0.669. The number of nitrogens with zero attached hydrogens (tertiary/aromatic N) is 1. The van der Waals surface area contributed by atoms with E-state index in [1.54, 1.807) is 37.3 Å². The van der Waals surface area contributed by atoms with Crippen molar-refractivity contribution in [3.8, 4) is 0 Å². The topological polar surface area (TPSA) is 101 Å². The third-order valence-electron chi connectivity index (χ3n) is 3.92. The molecule has 7 nitrogen and oxygen atoms in total. The molecule has 122 valence electrons. The standard InChI is InChI=1S/C17H15N3O4/c1-10-3-2-4-13(16(10)20(23)24)17(22)18-12-6-7-14-11(9-12)5-8-15(21)19-14/h2-4,6-7,9H,5,8H2,1H3,(H,18,22)(H,19,21). The fourth-order valence-corrected chi connectivity index (χ4v) is 2.74. The molecule has 0 atom stereocenters. The highest BCUT2D eigenvalue weighted by Crippen LogP contribution is 2.27. The number of amides is 2. The van der Waals surface area contributed by atoms with Crippen LogP contribution in [0.3, 0.4) is 0 Å². The Kier molecular flexibility index (Phi) is 3.99. The number of nitrogens with one attached hydrogen (secondary N) is 2. The molecule has 0 unspecified atom stereocenters. The summed E-state index contributed by atoms with van der Waals surface area (Å²) in [5, 5.41) is 16.7. The van der Waals surface area contributed by atoms with Gasteiger partial charge in [0, 0.05) is 23.4 Å². The Labute approximate surface area is 137 Å². The van der Waals surface area contributed by atoms with E-state index in [-0.39, 0.29) is 17.2 Å². The van der Waals surface area contributed by atoms with Crippen molar-refractivity contribution < 1.29 is 14.5 Å². The second-order valence-electron chi connectivity index (χ2n) is 5.60. The largest absolute Gasteiger partial charge is 0.326 e. The van der Waals surface area contributed by atoms with Gasteiger partial charge in [0.1, 0.15) is 5.56 Å². The van der Waals surface area contributed by atoms with Crippen molar-refractivity contribution in [2.24, 2.45) is 0 Å². The first-order valence-electron chi connectivity index (χ1n) is 7.44. The Morgan fingerprint density at radius 3 is 2.79 bits per heavy atom. The van der Waals surface area contributed by atoms with Crippen molar-refractivity contribution in [2.45, 2.75) is 19.8 Å². The SMILES string of the molecule is Cc1cccc(C(=O)Nc2ccc3c(c2)CCC(=O)N3)c1[N+](=O)[O-]. The number of benzene rings is 2. The van der Waals surface area contributed by atoms with Crippen molar-refractivity contribution in [1.29, 1.82) is 0 Å². The van der Waals surface area contributed by atoms with Crippen LogP contribution in [0.15, 0.2) is 36.4 Å². The molecule has 1 aliphatic heterocycles. The number of hydrogen-bond donors (Lipinski definition) is 2. The van der Waals surface area contributed by atoms with Crippen molar-refractivity contribution in [1.82, 2.24) is 0 Å². The van der Waals surface area contributed by atoms with Gasteiger partial charge in [0.25, 0.3) is 11.6 Å². The Morgan fingerprint density at radius 1 is 1.25 bits per heavy atom. The lowest BCUT2D eigenvalue weighted by molar-refractivity contribution is -0.385. The van der Waals surface area contributed by atoms with Crippen LogP contribution in [-0.2, 0) is 11.2 Å². The third kappa shape index (κ3) is 2.96. The lowest BCUT2D eigenvalue weighted by atomic mass is 10.0. The smallest absolute Gasteiger partial charge is 0.285 e. The average Bonchev–Trinajstić information content (AvgIpc) is 2.54. The number of para-hydroxylation sites is 1. The monoisotopic (exact) mass is 325 g/mol. The van der Waals surface area contributed by atoms with Crippen LogP contribution in [0.1, 0.15) is 27.9 Å². The second-order valence-corrected chi connectivity index (χ2v) is 5.60. The Bertz CT molecular complexity index is 861. The molecule has 2 N–H and O–H groups in total. The van der Waals surface area contributed by atoms with Gasteiger partial charge >= 0.3 is 0 Å². The predicted octanol–water partition coefficient (Wildman–Crippen LogP) is 3.04. The van der Waals surface area contributed by atoms with Crippen molar-refractivity contribution >= 4 is 28.9 Å². The number of anilines is 2. The Hall–Kier alpha value is -3.22. The number of hydrogen-bond acceptors (Lipinski definition) is 4. The molecule has 0 saturated heterocycles. The minimum Gasteiger partial charge on any atom is -0.326 e. The van der Waals surface area contributed by atoms with Gasteiger partial charge in [-0.05, 0) is 43.2 Å². The fraction of sp³-hybridized carbons (Fsp3) is 0.176. The zero-order valence-corrected chi connectivity index (χ0v) is 13.0. The first-order chi connectivity index (χ1) is 11.5. The average molecular weight is 325 g/mol.